The molecule has 0 aliphatic rings. The van der Waals surface area contributed by atoms with Crippen molar-refractivity contribution in [1.29, 1.82) is 0 Å². The molecule has 0 saturated heterocycles. The van der Waals surface area contributed by atoms with Crippen molar-refractivity contribution >= 4 is 22.9 Å². The maximum atomic E-state index is 13.1. The molecular formula is C13H14ClFN2OS. The van der Waals surface area contributed by atoms with Gasteiger partial charge in [0.25, 0.3) is 0 Å². The fourth-order valence-corrected chi connectivity index (χ4v) is 2.99. The third-order valence-corrected chi connectivity index (χ3v) is 4.12. The highest BCUT2D eigenvalue weighted by Crippen LogP contribution is 2.32. The molecule has 0 spiro atoms. The molecule has 0 bridgehead atoms. The van der Waals surface area contributed by atoms with Crippen LogP contribution in [-0.4, -0.2) is 7.11 Å². The number of nitrogens with one attached hydrogen (secondary N) is 1. The third-order valence-electron chi connectivity index (χ3n) is 2.82. The largest absolute Gasteiger partial charge is 0.496 e. The predicted molar refractivity (Wildman–Crippen MR) is 76.0 cm³/mol. The van der Waals surface area contributed by atoms with Crippen LogP contribution < -0.4 is 16.0 Å². The van der Waals surface area contributed by atoms with Gasteiger partial charge in [0.2, 0.25) is 0 Å². The van der Waals surface area contributed by atoms with Crippen LogP contribution >= 0.6 is 22.9 Å². The second-order valence-corrected chi connectivity index (χ2v) is 5.38. The average Bonchev–Trinajstić information content (AvgIpc) is 2.88. The molecule has 3 nitrogen and oxygen atoms in total. The summed E-state index contributed by atoms with van der Waals surface area (Å²) in [5.74, 6) is 5.97. The van der Waals surface area contributed by atoms with E-state index >= 15 is 0 Å². The molecule has 0 radical (unpaired) electrons. The van der Waals surface area contributed by atoms with Crippen LogP contribution in [-0.2, 0) is 6.42 Å². The zero-order valence-corrected chi connectivity index (χ0v) is 11.9. The van der Waals surface area contributed by atoms with E-state index < -0.39 is 5.82 Å². The SMILES string of the molecule is COc1ccsc1C(Cc1ccc(F)c(Cl)c1)NN. The van der Waals surface area contributed by atoms with E-state index in [9.17, 15) is 4.39 Å². The molecule has 6 heteroatoms. The van der Waals surface area contributed by atoms with E-state index in [2.05, 4.69) is 5.43 Å². The number of hydrazine groups is 1. The van der Waals surface area contributed by atoms with Crippen molar-refractivity contribution in [2.75, 3.05) is 7.11 Å². The Morgan fingerprint density at radius 1 is 1.47 bits per heavy atom. The molecule has 0 fully saturated rings. The molecule has 2 aromatic rings. The van der Waals surface area contributed by atoms with Gasteiger partial charge in [-0.15, -0.1) is 11.3 Å². The fraction of sp³-hybridized carbons (Fsp3) is 0.231. The van der Waals surface area contributed by atoms with Crippen LogP contribution in [0.5, 0.6) is 5.75 Å². The lowest BCUT2D eigenvalue weighted by atomic mass is 10.0. The normalized spacial score (nSPS) is 12.4. The summed E-state index contributed by atoms with van der Waals surface area (Å²) in [5, 5.41) is 2.06. The number of rotatable bonds is 5. The highest BCUT2D eigenvalue weighted by molar-refractivity contribution is 7.10. The summed E-state index contributed by atoms with van der Waals surface area (Å²) < 4.78 is 18.4. The first-order valence-corrected chi connectivity index (χ1v) is 6.93. The summed E-state index contributed by atoms with van der Waals surface area (Å²) in [5.41, 5.74) is 3.66. The Labute approximate surface area is 120 Å². The highest BCUT2D eigenvalue weighted by Gasteiger charge is 2.17. The average molecular weight is 301 g/mol. The van der Waals surface area contributed by atoms with Crippen molar-refractivity contribution in [3.63, 3.8) is 0 Å². The van der Waals surface area contributed by atoms with Gasteiger partial charge in [0.1, 0.15) is 11.6 Å². The second-order valence-electron chi connectivity index (χ2n) is 4.03. The molecule has 102 valence electrons. The van der Waals surface area contributed by atoms with E-state index in [1.807, 2.05) is 11.4 Å². The summed E-state index contributed by atoms with van der Waals surface area (Å²) in [7, 11) is 1.62. The van der Waals surface area contributed by atoms with Crippen LogP contribution in [0.25, 0.3) is 0 Å². The van der Waals surface area contributed by atoms with Crippen molar-refractivity contribution in [2.24, 2.45) is 5.84 Å². The van der Waals surface area contributed by atoms with Crippen molar-refractivity contribution < 1.29 is 9.13 Å². The number of thiophene rings is 1. The number of ether oxygens (including phenoxy) is 1. The van der Waals surface area contributed by atoms with Crippen LogP contribution in [0.1, 0.15) is 16.5 Å². The lowest BCUT2D eigenvalue weighted by Gasteiger charge is -2.16. The molecule has 0 aliphatic carbocycles. The van der Waals surface area contributed by atoms with Gasteiger partial charge >= 0.3 is 0 Å². The Kier molecular flexibility index (Phi) is 4.76. The molecule has 0 aliphatic heterocycles. The number of hydrogen-bond acceptors (Lipinski definition) is 4. The molecule has 1 heterocycles. The molecule has 0 saturated carbocycles. The van der Waals surface area contributed by atoms with Crippen LogP contribution in [0.2, 0.25) is 5.02 Å². The Balaban J connectivity index is 2.21. The predicted octanol–water partition coefficient (Wildman–Crippen LogP) is 3.30. The molecule has 1 unspecified atom stereocenters. The zero-order valence-electron chi connectivity index (χ0n) is 10.3. The molecule has 1 aromatic heterocycles. The van der Waals surface area contributed by atoms with E-state index in [-0.39, 0.29) is 11.1 Å². The lowest BCUT2D eigenvalue weighted by Crippen LogP contribution is -2.29. The first-order valence-electron chi connectivity index (χ1n) is 5.67. The summed E-state index contributed by atoms with van der Waals surface area (Å²) in [6.07, 6.45) is 0.605. The first-order chi connectivity index (χ1) is 9.15. The van der Waals surface area contributed by atoms with Crippen LogP contribution in [0, 0.1) is 5.82 Å². The number of hydrogen-bond donors (Lipinski definition) is 2. The molecule has 1 aromatic carbocycles. The zero-order chi connectivity index (χ0) is 13.8. The molecule has 0 amide bonds. The molecule has 2 rings (SSSR count). The monoisotopic (exact) mass is 300 g/mol. The maximum absolute atomic E-state index is 13.1. The lowest BCUT2D eigenvalue weighted by molar-refractivity contribution is 0.403. The summed E-state index contributed by atoms with van der Waals surface area (Å²) in [6.45, 7) is 0. The van der Waals surface area contributed by atoms with Gasteiger partial charge in [0.05, 0.1) is 23.1 Å². The minimum Gasteiger partial charge on any atom is -0.496 e. The van der Waals surface area contributed by atoms with Crippen LogP contribution in [0.15, 0.2) is 29.6 Å². The van der Waals surface area contributed by atoms with Gasteiger partial charge in [-0.25, -0.2) is 4.39 Å². The Hall–Kier alpha value is -1.14. The third kappa shape index (κ3) is 3.25. The quantitative estimate of drug-likeness (QED) is 0.658. The smallest absolute Gasteiger partial charge is 0.141 e. The molecule has 1 atom stereocenters. The minimum atomic E-state index is -0.420. The Morgan fingerprint density at radius 2 is 2.26 bits per heavy atom. The number of halogens is 2. The number of methoxy groups -OCH3 is 1. The Morgan fingerprint density at radius 3 is 2.89 bits per heavy atom. The van der Waals surface area contributed by atoms with E-state index in [0.29, 0.717) is 6.42 Å². The standard InChI is InChI=1S/C13H14ClFN2OS/c1-18-12-4-5-19-13(12)11(17-16)7-8-2-3-10(15)9(14)6-8/h2-6,11,17H,7,16H2,1H3. The van der Waals surface area contributed by atoms with Gasteiger partial charge in [-0.05, 0) is 35.6 Å². The second kappa shape index (κ2) is 6.34. The Bertz CT molecular complexity index is 561. The number of benzene rings is 1. The summed E-state index contributed by atoms with van der Waals surface area (Å²) >= 11 is 7.33. The number of nitrogens with two attached hydrogens (primary N) is 1. The summed E-state index contributed by atoms with van der Waals surface area (Å²) in [6, 6.07) is 6.46. The van der Waals surface area contributed by atoms with Crippen LogP contribution in [0.4, 0.5) is 4.39 Å². The van der Waals surface area contributed by atoms with E-state index in [4.69, 9.17) is 22.2 Å². The van der Waals surface area contributed by atoms with Crippen molar-refractivity contribution in [2.45, 2.75) is 12.5 Å². The molecule has 3 N–H and O–H groups in total. The molecule has 19 heavy (non-hydrogen) atoms. The van der Waals surface area contributed by atoms with Gasteiger partial charge in [0.15, 0.2) is 0 Å². The maximum Gasteiger partial charge on any atom is 0.141 e. The van der Waals surface area contributed by atoms with Gasteiger partial charge in [-0.1, -0.05) is 17.7 Å². The van der Waals surface area contributed by atoms with Gasteiger partial charge < -0.3 is 4.74 Å². The van der Waals surface area contributed by atoms with Crippen molar-refractivity contribution in [3.8, 4) is 5.75 Å². The van der Waals surface area contributed by atoms with Gasteiger partial charge in [-0.2, -0.15) is 0 Å². The topological polar surface area (TPSA) is 47.3 Å². The van der Waals surface area contributed by atoms with Crippen molar-refractivity contribution in [1.82, 2.24) is 5.43 Å². The summed E-state index contributed by atoms with van der Waals surface area (Å²) in [4.78, 5) is 1.01. The minimum absolute atomic E-state index is 0.100. The molecular weight excluding hydrogens is 287 g/mol. The van der Waals surface area contributed by atoms with Gasteiger partial charge in [0, 0.05) is 0 Å². The van der Waals surface area contributed by atoms with Crippen LogP contribution in [0.3, 0.4) is 0 Å². The first kappa shape index (κ1) is 14.3. The van der Waals surface area contributed by atoms with E-state index in [1.54, 1.807) is 30.6 Å². The fourth-order valence-electron chi connectivity index (χ4n) is 1.86. The highest BCUT2D eigenvalue weighted by atomic mass is 35.5. The van der Waals surface area contributed by atoms with Gasteiger partial charge in [-0.3, -0.25) is 11.3 Å². The van der Waals surface area contributed by atoms with E-state index in [0.717, 1.165) is 16.2 Å². The van der Waals surface area contributed by atoms with E-state index in [1.165, 1.54) is 6.07 Å². The van der Waals surface area contributed by atoms with Crippen molar-refractivity contribution in [3.05, 3.63) is 50.9 Å².